The minimum Gasteiger partial charge on any atom is -0.351 e. The number of H-pyrrole nitrogens is 1. The lowest BCUT2D eigenvalue weighted by atomic mass is 9.84. The van der Waals surface area contributed by atoms with E-state index in [0.717, 1.165) is 17.8 Å². The summed E-state index contributed by atoms with van der Waals surface area (Å²) in [6.07, 6.45) is 2.40. The minimum absolute atomic E-state index is 0.0102. The minimum atomic E-state index is -0.0102. The Morgan fingerprint density at radius 1 is 1.13 bits per heavy atom. The van der Waals surface area contributed by atoms with E-state index in [1.807, 2.05) is 36.4 Å². The molecular weight excluding hydrogens is 310 g/mol. The predicted molar refractivity (Wildman–Crippen MR) is 91.7 cm³/mol. The Morgan fingerprint density at radius 2 is 1.87 bits per heavy atom. The smallest absolute Gasteiger partial charge is 0.267 e. The Kier molecular flexibility index (Phi) is 3.87. The van der Waals surface area contributed by atoms with Crippen molar-refractivity contribution in [3.63, 3.8) is 0 Å². The lowest BCUT2D eigenvalue weighted by Gasteiger charge is -2.44. The molecule has 4 heterocycles. The summed E-state index contributed by atoms with van der Waals surface area (Å²) in [5, 5.41) is 3.92. The maximum atomic E-state index is 12.5. The average molecular weight is 330 g/mol. The Bertz CT molecular complexity index is 701. The molecule has 3 aliphatic rings. The number of halogens is 1. The zero-order valence-corrected chi connectivity index (χ0v) is 13.6. The van der Waals surface area contributed by atoms with E-state index in [4.69, 9.17) is 11.6 Å². The van der Waals surface area contributed by atoms with Gasteiger partial charge in [-0.3, -0.25) is 4.79 Å². The van der Waals surface area contributed by atoms with Crippen LogP contribution in [0.25, 0.3) is 11.3 Å². The summed E-state index contributed by atoms with van der Waals surface area (Å²) in [5.74, 6) is 0.624. The molecule has 3 fully saturated rings. The molecule has 1 amide bonds. The third kappa shape index (κ3) is 3.01. The average Bonchev–Trinajstić information content (AvgIpc) is 3.07. The van der Waals surface area contributed by atoms with Crippen molar-refractivity contribution in [1.82, 2.24) is 15.2 Å². The second-order valence-corrected chi connectivity index (χ2v) is 6.95. The van der Waals surface area contributed by atoms with Crippen LogP contribution in [0.1, 0.15) is 23.3 Å². The van der Waals surface area contributed by atoms with Gasteiger partial charge in [-0.05, 0) is 61.7 Å². The SMILES string of the molecule is O=C(N[C@H]1CN2CCC1CC2)c1ccc(-c2ccc(Cl)cc2)[nH]1. The molecule has 2 aromatic rings. The van der Waals surface area contributed by atoms with Gasteiger partial charge in [0.15, 0.2) is 0 Å². The van der Waals surface area contributed by atoms with Crippen LogP contribution < -0.4 is 5.32 Å². The van der Waals surface area contributed by atoms with Gasteiger partial charge in [0.25, 0.3) is 5.91 Å². The van der Waals surface area contributed by atoms with E-state index in [9.17, 15) is 4.79 Å². The molecule has 3 saturated heterocycles. The number of hydrogen-bond acceptors (Lipinski definition) is 2. The van der Waals surface area contributed by atoms with Crippen LogP contribution in [0, 0.1) is 5.92 Å². The van der Waals surface area contributed by atoms with Gasteiger partial charge in [-0.15, -0.1) is 0 Å². The van der Waals surface area contributed by atoms with Gasteiger partial charge in [0.05, 0.1) is 0 Å². The second kappa shape index (κ2) is 6.02. The third-order valence-corrected chi connectivity index (χ3v) is 5.31. The number of aromatic amines is 1. The lowest BCUT2D eigenvalue weighted by molar-refractivity contribution is 0.0618. The van der Waals surface area contributed by atoms with Crippen molar-refractivity contribution in [3.05, 3.63) is 47.1 Å². The van der Waals surface area contributed by atoms with Crippen molar-refractivity contribution >= 4 is 17.5 Å². The molecule has 0 spiro atoms. The fourth-order valence-electron chi connectivity index (χ4n) is 3.70. The first-order valence-corrected chi connectivity index (χ1v) is 8.55. The summed E-state index contributed by atoms with van der Waals surface area (Å²) in [4.78, 5) is 18.2. The molecule has 0 aliphatic carbocycles. The molecule has 0 saturated carbocycles. The zero-order chi connectivity index (χ0) is 15.8. The molecule has 3 aliphatic heterocycles. The molecule has 1 aromatic heterocycles. The summed E-state index contributed by atoms with van der Waals surface area (Å²) < 4.78 is 0. The number of hydrogen-bond donors (Lipinski definition) is 2. The van der Waals surface area contributed by atoms with E-state index in [-0.39, 0.29) is 11.9 Å². The van der Waals surface area contributed by atoms with Crippen LogP contribution in [0.15, 0.2) is 36.4 Å². The molecule has 120 valence electrons. The first kappa shape index (κ1) is 14.8. The highest BCUT2D eigenvalue weighted by Crippen LogP contribution is 2.28. The van der Waals surface area contributed by atoms with Crippen LogP contribution in [0.2, 0.25) is 5.02 Å². The number of carbonyl (C=O) groups excluding carboxylic acids is 1. The summed E-state index contributed by atoms with van der Waals surface area (Å²) in [6.45, 7) is 3.35. The first-order chi connectivity index (χ1) is 11.2. The Hall–Kier alpha value is -1.78. The maximum absolute atomic E-state index is 12.5. The van der Waals surface area contributed by atoms with E-state index in [1.165, 1.54) is 25.9 Å². The van der Waals surface area contributed by atoms with Crippen molar-refractivity contribution in [1.29, 1.82) is 0 Å². The number of nitrogens with one attached hydrogen (secondary N) is 2. The van der Waals surface area contributed by atoms with Gasteiger partial charge in [0.2, 0.25) is 0 Å². The number of piperidine rings is 3. The molecule has 0 radical (unpaired) electrons. The molecule has 4 nitrogen and oxygen atoms in total. The van der Waals surface area contributed by atoms with Crippen molar-refractivity contribution in [2.24, 2.45) is 5.92 Å². The molecule has 2 N–H and O–H groups in total. The molecule has 2 bridgehead atoms. The number of carbonyl (C=O) groups is 1. The number of aromatic nitrogens is 1. The Labute approximate surface area is 140 Å². The number of fused-ring (bicyclic) bond motifs is 3. The van der Waals surface area contributed by atoms with Crippen LogP contribution in [0.5, 0.6) is 0 Å². The van der Waals surface area contributed by atoms with Crippen molar-refractivity contribution < 1.29 is 4.79 Å². The molecule has 5 heteroatoms. The Morgan fingerprint density at radius 3 is 2.52 bits per heavy atom. The van der Waals surface area contributed by atoms with Crippen molar-refractivity contribution in [3.8, 4) is 11.3 Å². The van der Waals surface area contributed by atoms with Gasteiger partial charge in [-0.25, -0.2) is 0 Å². The molecule has 1 aromatic carbocycles. The summed E-state index contributed by atoms with van der Waals surface area (Å²) in [5.41, 5.74) is 2.57. The molecular formula is C18H20ClN3O. The van der Waals surface area contributed by atoms with Gasteiger partial charge in [0.1, 0.15) is 5.69 Å². The third-order valence-electron chi connectivity index (χ3n) is 5.06. The van der Waals surface area contributed by atoms with E-state index in [1.54, 1.807) is 0 Å². The normalized spacial score (nSPS) is 26.2. The molecule has 0 unspecified atom stereocenters. The fourth-order valence-corrected chi connectivity index (χ4v) is 3.83. The summed E-state index contributed by atoms with van der Waals surface area (Å²) in [6, 6.07) is 11.7. The van der Waals surface area contributed by atoms with E-state index >= 15 is 0 Å². The van der Waals surface area contributed by atoms with E-state index < -0.39 is 0 Å². The van der Waals surface area contributed by atoms with Gasteiger partial charge in [-0.2, -0.15) is 0 Å². The second-order valence-electron chi connectivity index (χ2n) is 6.51. The first-order valence-electron chi connectivity index (χ1n) is 8.17. The number of amides is 1. The highest BCUT2D eigenvalue weighted by Gasteiger charge is 2.35. The highest BCUT2D eigenvalue weighted by molar-refractivity contribution is 6.30. The van der Waals surface area contributed by atoms with Crippen LogP contribution in [0.3, 0.4) is 0 Å². The van der Waals surface area contributed by atoms with Crippen molar-refractivity contribution in [2.45, 2.75) is 18.9 Å². The number of rotatable bonds is 3. The lowest BCUT2D eigenvalue weighted by Crippen LogP contribution is -2.57. The van der Waals surface area contributed by atoms with Gasteiger partial charge in [-0.1, -0.05) is 23.7 Å². The maximum Gasteiger partial charge on any atom is 0.267 e. The van der Waals surface area contributed by atoms with E-state index in [0.29, 0.717) is 16.6 Å². The van der Waals surface area contributed by atoms with E-state index in [2.05, 4.69) is 15.2 Å². The van der Waals surface area contributed by atoms with Gasteiger partial charge in [0, 0.05) is 23.3 Å². The largest absolute Gasteiger partial charge is 0.351 e. The molecule has 5 rings (SSSR count). The monoisotopic (exact) mass is 329 g/mol. The topological polar surface area (TPSA) is 48.1 Å². The fraction of sp³-hybridized carbons (Fsp3) is 0.389. The highest BCUT2D eigenvalue weighted by atomic mass is 35.5. The summed E-state index contributed by atoms with van der Waals surface area (Å²) >= 11 is 5.92. The number of nitrogens with zero attached hydrogens (tertiary/aromatic N) is 1. The van der Waals surface area contributed by atoms with Gasteiger partial charge < -0.3 is 15.2 Å². The van der Waals surface area contributed by atoms with Crippen molar-refractivity contribution in [2.75, 3.05) is 19.6 Å². The zero-order valence-electron chi connectivity index (χ0n) is 12.9. The number of benzene rings is 1. The molecule has 1 atom stereocenters. The van der Waals surface area contributed by atoms with Gasteiger partial charge >= 0.3 is 0 Å². The predicted octanol–water partition coefficient (Wildman–Crippen LogP) is 3.16. The molecule has 23 heavy (non-hydrogen) atoms. The van der Waals surface area contributed by atoms with Crippen LogP contribution in [0.4, 0.5) is 0 Å². The van der Waals surface area contributed by atoms with Crippen LogP contribution in [-0.2, 0) is 0 Å². The van der Waals surface area contributed by atoms with Crippen LogP contribution >= 0.6 is 11.6 Å². The van der Waals surface area contributed by atoms with Crippen LogP contribution in [-0.4, -0.2) is 41.5 Å². The quantitative estimate of drug-likeness (QED) is 0.908. The summed E-state index contributed by atoms with van der Waals surface area (Å²) in [7, 11) is 0. The standard InChI is InChI=1S/C18H20ClN3O/c19-14-3-1-12(2-4-14)15-5-6-16(20-15)18(23)21-17-11-22-9-7-13(17)8-10-22/h1-6,13,17,20H,7-11H2,(H,21,23)/t17-/m0/s1. The Balaban J connectivity index is 1.46.